The van der Waals surface area contributed by atoms with Gasteiger partial charge in [0, 0.05) is 34.8 Å². The van der Waals surface area contributed by atoms with Gasteiger partial charge in [0.2, 0.25) is 5.91 Å². The van der Waals surface area contributed by atoms with E-state index in [0.29, 0.717) is 29.5 Å². The molecule has 1 aromatic heterocycles. The van der Waals surface area contributed by atoms with Crippen molar-refractivity contribution in [3.05, 3.63) is 82.5 Å². The molecule has 1 saturated heterocycles. The number of benzene rings is 2. The van der Waals surface area contributed by atoms with Crippen LogP contribution in [0.5, 0.6) is 0 Å². The van der Waals surface area contributed by atoms with E-state index in [1.54, 1.807) is 34.2 Å². The first kappa shape index (κ1) is 17.8. The Morgan fingerprint density at radius 1 is 1.14 bits per heavy atom. The minimum Gasteiger partial charge on any atom is -0.361 e. The number of anilines is 1. The van der Waals surface area contributed by atoms with Gasteiger partial charge in [0.1, 0.15) is 5.82 Å². The molecule has 1 unspecified atom stereocenters. The molecule has 8 heteroatoms. The third kappa shape index (κ3) is 2.54. The fourth-order valence-electron chi connectivity index (χ4n) is 4.40. The van der Waals surface area contributed by atoms with Crippen LogP contribution in [0.2, 0.25) is 5.02 Å². The van der Waals surface area contributed by atoms with Crippen molar-refractivity contribution in [2.75, 3.05) is 25.0 Å². The lowest BCUT2D eigenvalue weighted by Crippen LogP contribution is -2.52. The Balaban J connectivity index is 1.61. The molecule has 29 heavy (non-hydrogen) atoms. The van der Waals surface area contributed by atoms with Gasteiger partial charge in [0.15, 0.2) is 5.66 Å². The highest BCUT2D eigenvalue weighted by atomic mass is 35.5. The first-order valence-corrected chi connectivity index (χ1v) is 9.71. The Morgan fingerprint density at radius 3 is 2.69 bits per heavy atom. The lowest BCUT2D eigenvalue weighted by atomic mass is 9.90. The molecule has 7 nitrogen and oxygen atoms in total. The van der Waals surface area contributed by atoms with Crippen LogP contribution in [0, 0.1) is 0 Å². The summed E-state index contributed by atoms with van der Waals surface area (Å²) in [5.74, 6) is 0.492. The molecule has 0 aliphatic carbocycles. The summed E-state index contributed by atoms with van der Waals surface area (Å²) < 4.78 is 0. The van der Waals surface area contributed by atoms with Crippen molar-refractivity contribution in [1.82, 2.24) is 20.0 Å². The fourth-order valence-corrected chi connectivity index (χ4v) is 4.53. The van der Waals surface area contributed by atoms with Gasteiger partial charge in [-0.05, 0) is 24.3 Å². The van der Waals surface area contributed by atoms with Crippen LogP contribution in [0.15, 0.2) is 60.8 Å². The molecule has 3 aromatic rings. The van der Waals surface area contributed by atoms with Gasteiger partial charge in [-0.25, -0.2) is 0 Å². The Morgan fingerprint density at radius 2 is 1.93 bits per heavy atom. The van der Waals surface area contributed by atoms with Gasteiger partial charge in [-0.1, -0.05) is 41.9 Å². The maximum atomic E-state index is 13.3. The van der Waals surface area contributed by atoms with E-state index >= 15 is 0 Å². The number of H-pyrrole nitrogens is 1. The molecule has 1 fully saturated rings. The maximum Gasteiger partial charge on any atom is 0.256 e. The van der Waals surface area contributed by atoms with Gasteiger partial charge in [0.05, 0.1) is 12.7 Å². The number of aromatic amines is 1. The van der Waals surface area contributed by atoms with Crippen LogP contribution in [-0.4, -0.2) is 51.4 Å². The molecule has 2 N–H and O–H groups in total. The number of aromatic nitrogens is 2. The first-order chi connectivity index (χ1) is 14.1. The van der Waals surface area contributed by atoms with Crippen LogP contribution < -0.4 is 5.32 Å². The summed E-state index contributed by atoms with van der Waals surface area (Å²) in [6, 6.07) is 16.6. The van der Waals surface area contributed by atoms with Crippen LogP contribution >= 0.6 is 11.6 Å². The van der Waals surface area contributed by atoms with E-state index in [0.717, 1.165) is 11.1 Å². The molecule has 0 radical (unpaired) electrons. The molecule has 5 rings (SSSR count). The Kier molecular flexibility index (Phi) is 4.06. The standard InChI is InChI=1S/C21H18ClN5O2/c22-15-7-5-14(6-8-15)21-17-4-2-1-3-16(17)20(29)27(21)12-11-26(21)19(28)13-23-18-9-10-24-25-18/h1-10H,11-13H2,(H2,23,24,25). The molecule has 1 atom stereocenters. The zero-order chi connectivity index (χ0) is 20.0. The second-order valence-corrected chi connectivity index (χ2v) is 7.49. The van der Waals surface area contributed by atoms with Gasteiger partial charge in [-0.2, -0.15) is 5.10 Å². The topological polar surface area (TPSA) is 81.3 Å². The molecule has 2 aromatic carbocycles. The maximum absolute atomic E-state index is 13.3. The molecular formula is C21H18ClN5O2. The average Bonchev–Trinajstić information content (AvgIpc) is 3.44. The van der Waals surface area contributed by atoms with Crippen molar-refractivity contribution >= 4 is 29.2 Å². The predicted molar refractivity (Wildman–Crippen MR) is 109 cm³/mol. The normalized spacial score (nSPS) is 20.0. The number of amides is 2. The molecule has 2 aliphatic rings. The van der Waals surface area contributed by atoms with E-state index in [2.05, 4.69) is 15.5 Å². The largest absolute Gasteiger partial charge is 0.361 e. The SMILES string of the molecule is O=C(CNc1ccn[nH]1)N1CCN2C(=O)c3ccccc3C12c1ccc(Cl)cc1. The third-order valence-corrected chi connectivity index (χ3v) is 5.84. The minimum atomic E-state index is -0.967. The van der Waals surface area contributed by atoms with Gasteiger partial charge in [-0.3, -0.25) is 14.7 Å². The molecule has 146 valence electrons. The molecule has 2 aliphatic heterocycles. The quantitative estimate of drug-likeness (QED) is 0.696. The monoisotopic (exact) mass is 407 g/mol. The number of fused-ring (bicyclic) bond motifs is 3. The molecule has 0 saturated carbocycles. The Labute approximate surface area is 172 Å². The lowest BCUT2D eigenvalue weighted by Gasteiger charge is -2.40. The highest BCUT2D eigenvalue weighted by Crippen LogP contribution is 2.49. The van der Waals surface area contributed by atoms with Gasteiger partial charge >= 0.3 is 0 Å². The van der Waals surface area contributed by atoms with Gasteiger partial charge in [-0.15, -0.1) is 0 Å². The number of halogens is 1. The van der Waals surface area contributed by atoms with E-state index in [1.165, 1.54) is 0 Å². The number of nitrogens with zero attached hydrogens (tertiary/aromatic N) is 3. The lowest BCUT2D eigenvalue weighted by molar-refractivity contribution is -0.134. The van der Waals surface area contributed by atoms with Crippen molar-refractivity contribution < 1.29 is 9.59 Å². The summed E-state index contributed by atoms with van der Waals surface area (Å²) in [4.78, 5) is 30.0. The van der Waals surface area contributed by atoms with Crippen LogP contribution in [0.1, 0.15) is 21.5 Å². The zero-order valence-corrected chi connectivity index (χ0v) is 16.2. The van der Waals surface area contributed by atoms with Crippen molar-refractivity contribution in [3.63, 3.8) is 0 Å². The fraction of sp³-hybridized carbons (Fsp3) is 0.190. The van der Waals surface area contributed by atoms with Crippen LogP contribution in [0.3, 0.4) is 0 Å². The second kappa shape index (κ2) is 6.63. The van der Waals surface area contributed by atoms with Crippen LogP contribution in [0.25, 0.3) is 0 Å². The highest BCUT2D eigenvalue weighted by Gasteiger charge is 2.59. The Hall–Kier alpha value is -3.32. The first-order valence-electron chi connectivity index (χ1n) is 9.33. The minimum absolute atomic E-state index is 0.0626. The zero-order valence-electron chi connectivity index (χ0n) is 15.4. The molecule has 0 bridgehead atoms. The number of rotatable bonds is 4. The van der Waals surface area contributed by atoms with E-state index in [4.69, 9.17) is 11.6 Å². The number of carbonyl (C=O) groups excluding carboxylic acids is 2. The number of nitrogens with one attached hydrogen (secondary N) is 2. The molecule has 2 amide bonds. The summed E-state index contributed by atoms with van der Waals surface area (Å²) in [7, 11) is 0. The van der Waals surface area contributed by atoms with Crippen molar-refractivity contribution in [2.45, 2.75) is 5.66 Å². The summed E-state index contributed by atoms with van der Waals surface area (Å²) in [6.07, 6.45) is 1.62. The highest BCUT2D eigenvalue weighted by molar-refractivity contribution is 6.30. The Bertz CT molecular complexity index is 1080. The van der Waals surface area contributed by atoms with Crippen LogP contribution in [-0.2, 0) is 10.5 Å². The van der Waals surface area contributed by atoms with Crippen molar-refractivity contribution in [2.24, 2.45) is 0 Å². The third-order valence-electron chi connectivity index (χ3n) is 5.59. The summed E-state index contributed by atoms with van der Waals surface area (Å²) >= 11 is 6.11. The summed E-state index contributed by atoms with van der Waals surface area (Å²) in [6.45, 7) is 1.000. The molecular weight excluding hydrogens is 390 g/mol. The van der Waals surface area contributed by atoms with E-state index in [-0.39, 0.29) is 18.4 Å². The van der Waals surface area contributed by atoms with E-state index in [1.807, 2.05) is 36.4 Å². The van der Waals surface area contributed by atoms with Crippen molar-refractivity contribution in [3.8, 4) is 0 Å². The number of carbonyl (C=O) groups is 2. The predicted octanol–water partition coefficient (Wildman–Crippen LogP) is 2.67. The summed E-state index contributed by atoms with van der Waals surface area (Å²) in [5.41, 5.74) is 1.32. The van der Waals surface area contributed by atoms with Crippen LogP contribution in [0.4, 0.5) is 5.82 Å². The number of hydrogen-bond acceptors (Lipinski definition) is 4. The molecule has 0 spiro atoms. The van der Waals surface area contributed by atoms with E-state index in [9.17, 15) is 9.59 Å². The van der Waals surface area contributed by atoms with Gasteiger partial charge < -0.3 is 15.1 Å². The second-order valence-electron chi connectivity index (χ2n) is 7.05. The average molecular weight is 408 g/mol. The van der Waals surface area contributed by atoms with Crippen molar-refractivity contribution in [1.29, 1.82) is 0 Å². The molecule has 3 heterocycles. The van der Waals surface area contributed by atoms with Gasteiger partial charge in [0.25, 0.3) is 5.91 Å². The number of hydrogen-bond donors (Lipinski definition) is 2. The summed E-state index contributed by atoms with van der Waals surface area (Å²) in [5, 5.41) is 10.3. The van der Waals surface area contributed by atoms with E-state index < -0.39 is 5.66 Å². The smallest absolute Gasteiger partial charge is 0.256 e.